The van der Waals surface area contributed by atoms with Gasteiger partial charge in [-0.25, -0.2) is 9.97 Å². The third-order valence-electron chi connectivity index (χ3n) is 3.98. The van der Waals surface area contributed by atoms with Crippen LogP contribution in [0, 0.1) is 5.92 Å². The highest BCUT2D eigenvalue weighted by Crippen LogP contribution is 2.18. The molecule has 0 unspecified atom stereocenters. The minimum Gasteiger partial charge on any atom is -0.366 e. The maximum atomic E-state index is 12.5. The molecule has 5 nitrogen and oxygen atoms in total. The quantitative estimate of drug-likeness (QED) is 0.664. The number of carbonyl (C=O) groups excluding carboxylic acids is 1. The molecule has 5 heteroatoms. The Labute approximate surface area is 159 Å². The molecule has 0 saturated carbocycles. The fraction of sp³-hybridized carbons (Fsp3) is 0.227. The predicted octanol–water partition coefficient (Wildman–Crippen LogP) is 4.14. The van der Waals surface area contributed by atoms with E-state index in [0.717, 1.165) is 11.1 Å². The SMILES string of the molecule is CC(C)CNC(=O)c1cc(NCc2ccccc2)nc(-c2ccccc2)n1. The topological polar surface area (TPSA) is 66.9 Å². The Hall–Kier alpha value is -3.21. The molecular weight excluding hydrogens is 336 g/mol. The van der Waals surface area contributed by atoms with E-state index in [1.54, 1.807) is 6.07 Å². The number of carbonyl (C=O) groups is 1. The van der Waals surface area contributed by atoms with Crippen molar-refractivity contribution in [1.29, 1.82) is 0 Å². The minimum absolute atomic E-state index is 0.189. The number of anilines is 1. The van der Waals surface area contributed by atoms with E-state index in [2.05, 4.69) is 34.4 Å². The van der Waals surface area contributed by atoms with Crippen LogP contribution in [0.15, 0.2) is 66.7 Å². The number of hydrogen-bond acceptors (Lipinski definition) is 4. The highest BCUT2D eigenvalue weighted by Gasteiger charge is 2.13. The molecule has 138 valence electrons. The molecule has 0 bridgehead atoms. The molecule has 1 aromatic heterocycles. The highest BCUT2D eigenvalue weighted by atomic mass is 16.1. The largest absolute Gasteiger partial charge is 0.366 e. The Morgan fingerprint density at radius 1 is 0.963 bits per heavy atom. The third kappa shape index (κ3) is 5.38. The van der Waals surface area contributed by atoms with E-state index >= 15 is 0 Å². The summed E-state index contributed by atoms with van der Waals surface area (Å²) in [6.45, 7) is 5.35. The van der Waals surface area contributed by atoms with E-state index in [9.17, 15) is 4.79 Å². The Balaban J connectivity index is 1.87. The zero-order chi connectivity index (χ0) is 19.1. The van der Waals surface area contributed by atoms with Crippen molar-refractivity contribution < 1.29 is 4.79 Å². The van der Waals surface area contributed by atoms with Crippen molar-refractivity contribution in [3.8, 4) is 11.4 Å². The first kappa shape index (κ1) is 18.6. The molecule has 0 aliphatic heterocycles. The van der Waals surface area contributed by atoms with Crippen LogP contribution in [0.4, 0.5) is 5.82 Å². The number of rotatable bonds is 7. The number of nitrogens with one attached hydrogen (secondary N) is 2. The molecule has 0 aliphatic carbocycles. The van der Waals surface area contributed by atoms with Gasteiger partial charge in [-0.15, -0.1) is 0 Å². The van der Waals surface area contributed by atoms with E-state index in [4.69, 9.17) is 0 Å². The molecular formula is C22H24N4O. The van der Waals surface area contributed by atoms with Crippen molar-refractivity contribution in [2.75, 3.05) is 11.9 Å². The van der Waals surface area contributed by atoms with Crippen LogP contribution in [0.25, 0.3) is 11.4 Å². The summed E-state index contributed by atoms with van der Waals surface area (Å²) in [5.41, 5.74) is 2.38. The van der Waals surface area contributed by atoms with Gasteiger partial charge in [0, 0.05) is 24.7 Å². The van der Waals surface area contributed by atoms with Gasteiger partial charge < -0.3 is 10.6 Å². The number of benzene rings is 2. The van der Waals surface area contributed by atoms with Crippen LogP contribution in [-0.2, 0) is 6.54 Å². The van der Waals surface area contributed by atoms with Gasteiger partial charge in [-0.1, -0.05) is 74.5 Å². The first-order chi connectivity index (χ1) is 13.1. The standard InChI is InChI=1S/C22H24N4O/c1-16(2)14-24-22(27)19-13-20(23-15-17-9-5-3-6-10-17)26-21(25-19)18-11-7-4-8-12-18/h3-13,16H,14-15H2,1-2H3,(H,24,27)(H,23,25,26). The average Bonchev–Trinajstić information content (AvgIpc) is 2.71. The van der Waals surface area contributed by atoms with Crippen molar-refractivity contribution >= 4 is 11.7 Å². The average molecular weight is 360 g/mol. The van der Waals surface area contributed by atoms with Gasteiger partial charge in [-0.05, 0) is 11.5 Å². The van der Waals surface area contributed by atoms with E-state index in [0.29, 0.717) is 36.3 Å². The van der Waals surface area contributed by atoms with Crippen molar-refractivity contribution in [3.63, 3.8) is 0 Å². The Morgan fingerprint density at radius 2 is 1.63 bits per heavy atom. The summed E-state index contributed by atoms with van der Waals surface area (Å²) in [7, 11) is 0. The van der Waals surface area contributed by atoms with Crippen LogP contribution in [0.2, 0.25) is 0 Å². The fourth-order valence-electron chi connectivity index (χ4n) is 2.55. The van der Waals surface area contributed by atoms with Crippen molar-refractivity contribution in [1.82, 2.24) is 15.3 Å². The normalized spacial score (nSPS) is 10.6. The van der Waals surface area contributed by atoms with E-state index < -0.39 is 0 Å². The van der Waals surface area contributed by atoms with Gasteiger partial charge in [-0.2, -0.15) is 0 Å². The number of nitrogens with zero attached hydrogens (tertiary/aromatic N) is 2. The molecule has 0 aliphatic rings. The van der Waals surface area contributed by atoms with Crippen molar-refractivity contribution in [3.05, 3.63) is 78.0 Å². The Bertz CT molecular complexity index is 879. The maximum absolute atomic E-state index is 12.5. The molecule has 0 saturated heterocycles. The molecule has 1 amide bonds. The lowest BCUT2D eigenvalue weighted by atomic mass is 10.2. The fourth-order valence-corrected chi connectivity index (χ4v) is 2.55. The summed E-state index contributed by atoms with van der Waals surface area (Å²) < 4.78 is 0. The lowest BCUT2D eigenvalue weighted by Gasteiger charge is -2.11. The van der Waals surface area contributed by atoms with E-state index in [1.807, 2.05) is 60.7 Å². The predicted molar refractivity (Wildman–Crippen MR) is 108 cm³/mol. The van der Waals surface area contributed by atoms with Gasteiger partial charge in [0.15, 0.2) is 5.82 Å². The second-order valence-electron chi connectivity index (χ2n) is 6.77. The summed E-state index contributed by atoms with van der Waals surface area (Å²) in [6.07, 6.45) is 0. The van der Waals surface area contributed by atoms with Gasteiger partial charge in [0.05, 0.1) is 0 Å². The van der Waals surface area contributed by atoms with Crippen LogP contribution in [0.5, 0.6) is 0 Å². The minimum atomic E-state index is -0.189. The summed E-state index contributed by atoms with van der Waals surface area (Å²) in [5.74, 6) is 1.34. The summed E-state index contributed by atoms with van der Waals surface area (Å²) in [5, 5.41) is 6.22. The second kappa shape index (κ2) is 8.94. The van der Waals surface area contributed by atoms with Crippen LogP contribution in [0.3, 0.4) is 0 Å². The van der Waals surface area contributed by atoms with Gasteiger partial charge in [0.25, 0.3) is 5.91 Å². The molecule has 1 heterocycles. The van der Waals surface area contributed by atoms with E-state index in [1.165, 1.54) is 0 Å². The van der Waals surface area contributed by atoms with Crippen molar-refractivity contribution in [2.45, 2.75) is 20.4 Å². The van der Waals surface area contributed by atoms with Crippen molar-refractivity contribution in [2.24, 2.45) is 5.92 Å². The smallest absolute Gasteiger partial charge is 0.270 e. The summed E-state index contributed by atoms with van der Waals surface area (Å²) >= 11 is 0. The molecule has 3 rings (SSSR count). The maximum Gasteiger partial charge on any atom is 0.270 e. The lowest BCUT2D eigenvalue weighted by molar-refractivity contribution is 0.0944. The molecule has 2 N–H and O–H groups in total. The second-order valence-corrected chi connectivity index (χ2v) is 6.77. The highest BCUT2D eigenvalue weighted by molar-refractivity contribution is 5.93. The van der Waals surface area contributed by atoms with Crippen LogP contribution in [-0.4, -0.2) is 22.4 Å². The summed E-state index contributed by atoms with van der Waals surface area (Å²) in [6, 6.07) is 21.4. The van der Waals surface area contributed by atoms with Gasteiger partial charge in [0.1, 0.15) is 11.5 Å². The molecule has 3 aromatic rings. The Kier molecular flexibility index (Phi) is 6.15. The number of hydrogen-bond donors (Lipinski definition) is 2. The van der Waals surface area contributed by atoms with Gasteiger partial charge in [-0.3, -0.25) is 4.79 Å². The Morgan fingerprint density at radius 3 is 2.30 bits per heavy atom. The molecule has 0 fully saturated rings. The first-order valence-corrected chi connectivity index (χ1v) is 9.12. The molecule has 0 radical (unpaired) electrons. The van der Waals surface area contributed by atoms with E-state index in [-0.39, 0.29) is 5.91 Å². The van der Waals surface area contributed by atoms with Gasteiger partial charge in [0.2, 0.25) is 0 Å². The molecule has 27 heavy (non-hydrogen) atoms. The monoisotopic (exact) mass is 360 g/mol. The first-order valence-electron chi connectivity index (χ1n) is 9.12. The summed E-state index contributed by atoms with van der Waals surface area (Å²) in [4.78, 5) is 21.6. The van der Waals surface area contributed by atoms with Crippen LogP contribution in [0.1, 0.15) is 29.9 Å². The van der Waals surface area contributed by atoms with Gasteiger partial charge >= 0.3 is 0 Å². The van der Waals surface area contributed by atoms with Crippen LogP contribution >= 0.6 is 0 Å². The zero-order valence-corrected chi connectivity index (χ0v) is 15.6. The zero-order valence-electron chi connectivity index (χ0n) is 15.6. The number of amides is 1. The third-order valence-corrected chi connectivity index (χ3v) is 3.98. The molecule has 0 atom stereocenters. The number of aromatic nitrogens is 2. The lowest BCUT2D eigenvalue weighted by Crippen LogP contribution is -2.28. The molecule has 2 aromatic carbocycles. The molecule has 0 spiro atoms. The van der Waals surface area contributed by atoms with Crippen LogP contribution < -0.4 is 10.6 Å².